The number of hydrogen-bond acceptors (Lipinski definition) is 9. The number of nitrogens with one attached hydrogen (secondary N) is 3. The molecule has 1 saturated heterocycles. The van der Waals surface area contributed by atoms with Gasteiger partial charge in [-0.2, -0.15) is 9.78 Å². The van der Waals surface area contributed by atoms with Crippen LogP contribution in [-0.2, 0) is 33.6 Å². The smallest absolute Gasteiger partial charge is 0.407 e. The Kier molecular flexibility index (Phi) is 11.3. The number of amides is 3. The van der Waals surface area contributed by atoms with Crippen LogP contribution in [0.2, 0.25) is 0 Å². The third-order valence-electron chi connectivity index (χ3n) is 13.0. The molecule has 6 aliphatic carbocycles. The lowest BCUT2D eigenvalue weighted by Gasteiger charge is -2.61. The summed E-state index contributed by atoms with van der Waals surface area (Å²) in [6, 6.07) is 16.5. The Morgan fingerprint density at radius 3 is 2.18 bits per heavy atom. The van der Waals surface area contributed by atoms with Gasteiger partial charge in [-0.3, -0.25) is 14.4 Å². The molecule has 0 aromatic heterocycles. The summed E-state index contributed by atoms with van der Waals surface area (Å²) in [6.07, 6.45) is 8.07. The minimum Gasteiger partial charge on any atom is -0.483 e. The van der Waals surface area contributed by atoms with E-state index in [1.54, 1.807) is 0 Å². The molecule has 7 aliphatic rings. The first-order chi connectivity index (χ1) is 26.4. The van der Waals surface area contributed by atoms with Gasteiger partial charge in [0.15, 0.2) is 0 Å². The lowest BCUT2D eigenvalue weighted by atomic mass is 9.47. The summed E-state index contributed by atoms with van der Waals surface area (Å²) in [6.45, 7) is 5.22. The van der Waals surface area contributed by atoms with E-state index in [4.69, 9.17) is 34.9 Å². The fraction of sp³-hybridized carbons (Fsp3) is 0.619. The van der Waals surface area contributed by atoms with Gasteiger partial charge in [0.1, 0.15) is 6.61 Å². The Morgan fingerprint density at radius 2 is 1.56 bits per heavy atom. The number of carbonyl (C=O) groups is 4. The molecule has 4 bridgehead atoms. The van der Waals surface area contributed by atoms with Gasteiger partial charge in [-0.1, -0.05) is 48.5 Å². The van der Waals surface area contributed by atoms with Crippen LogP contribution in [0.5, 0.6) is 0 Å². The Labute approximate surface area is 322 Å². The normalized spacial score (nSPS) is 31.3. The van der Waals surface area contributed by atoms with Crippen LogP contribution < -0.4 is 21.7 Å². The molecule has 2 spiro atoms. The van der Waals surface area contributed by atoms with Crippen molar-refractivity contribution in [1.29, 1.82) is 0 Å². The molecule has 3 amide bonds. The van der Waals surface area contributed by atoms with Gasteiger partial charge in [0.2, 0.25) is 23.4 Å². The molecule has 0 radical (unpaired) electrons. The topological polar surface area (TPSA) is 188 Å². The quantitative estimate of drug-likeness (QED) is 0.113. The van der Waals surface area contributed by atoms with Gasteiger partial charge in [0.25, 0.3) is 6.47 Å². The Hall–Kier alpha value is -4.04. The second-order valence-corrected chi connectivity index (χ2v) is 17.3. The van der Waals surface area contributed by atoms with Crippen LogP contribution in [0.3, 0.4) is 0 Å². The van der Waals surface area contributed by atoms with Crippen molar-refractivity contribution in [3.8, 4) is 11.1 Å². The van der Waals surface area contributed by atoms with Crippen LogP contribution in [0.25, 0.3) is 11.1 Å². The first-order valence-electron chi connectivity index (χ1n) is 20.0. The van der Waals surface area contributed by atoms with E-state index >= 15 is 0 Å². The Morgan fingerprint density at radius 1 is 0.945 bits per heavy atom. The maximum absolute atomic E-state index is 13.4. The van der Waals surface area contributed by atoms with Gasteiger partial charge in [0.05, 0.1) is 11.0 Å². The second-order valence-electron chi connectivity index (χ2n) is 17.3. The zero-order chi connectivity index (χ0) is 38.8. The maximum atomic E-state index is 13.4. The number of ether oxygens (including phenoxy) is 2. The summed E-state index contributed by atoms with van der Waals surface area (Å²) in [5.41, 5.74) is 9.30. The van der Waals surface area contributed by atoms with Gasteiger partial charge in [0, 0.05) is 50.1 Å². The standard InChI is InChI=1S/C41H54N4O7.CH2O2/c1-38(2,45-37(48)49-24-34-32-10-5-3-8-30(32)31-9-4-6-11-33(31)34)25-44-35(46)20-26-12-14-40(15-13-26)50-41(52-51-40)28-18-27-19-29(41)23-39(21-27,22-28)36(47)43-17-7-16-42;2-1-3/h3-6,8-11,26-29,34H,7,12-25,42H2,1-2H3,(H,43,47)(H,44,46)(H,45,48);1H,(H,2,3)/t26?,27-,28-,29+,39-,40?,41+;. The van der Waals surface area contributed by atoms with Crippen LogP contribution in [0.4, 0.5) is 4.79 Å². The van der Waals surface area contributed by atoms with Crippen molar-refractivity contribution in [3.63, 3.8) is 0 Å². The van der Waals surface area contributed by atoms with Crippen LogP contribution in [0.1, 0.15) is 102 Å². The average molecular weight is 761 g/mol. The van der Waals surface area contributed by atoms with Crippen molar-refractivity contribution in [2.24, 2.45) is 34.8 Å². The predicted molar refractivity (Wildman–Crippen MR) is 202 cm³/mol. The van der Waals surface area contributed by atoms with Crippen LogP contribution in [0, 0.1) is 29.1 Å². The molecule has 55 heavy (non-hydrogen) atoms. The number of carboxylic acid groups (broad SMARTS) is 1. The van der Waals surface area contributed by atoms with Crippen molar-refractivity contribution >= 4 is 24.4 Å². The van der Waals surface area contributed by atoms with Crippen molar-refractivity contribution in [2.75, 3.05) is 26.2 Å². The second kappa shape index (κ2) is 15.8. The number of alkyl carbamates (subject to hydrolysis) is 1. The lowest BCUT2D eigenvalue weighted by molar-refractivity contribution is -0.393. The van der Waals surface area contributed by atoms with Crippen LogP contribution >= 0.6 is 0 Å². The molecule has 0 unspecified atom stereocenters. The zero-order valence-electron chi connectivity index (χ0n) is 32.0. The monoisotopic (exact) mass is 760 g/mol. The largest absolute Gasteiger partial charge is 0.483 e. The number of benzene rings is 2. The molecule has 1 aliphatic heterocycles. The van der Waals surface area contributed by atoms with Crippen molar-refractivity contribution in [1.82, 2.24) is 16.0 Å². The molecular formula is C42H56N4O9. The van der Waals surface area contributed by atoms with E-state index in [9.17, 15) is 14.4 Å². The third-order valence-corrected chi connectivity index (χ3v) is 13.0. The first-order valence-corrected chi connectivity index (χ1v) is 20.0. The van der Waals surface area contributed by atoms with E-state index < -0.39 is 23.2 Å². The fourth-order valence-electron chi connectivity index (χ4n) is 10.6. The molecule has 9 rings (SSSR count). The highest BCUT2D eigenvalue weighted by Crippen LogP contribution is 2.67. The van der Waals surface area contributed by atoms with Gasteiger partial charge < -0.3 is 36.3 Å². The highest BCUT2D eigenvalue weighted by Gasteiger charge is 2.71. The molecule has 2 aromatic rings. The molecule has 298 valence electrons. The molecule has 5 atom stereocenters. The maximum Gasteiger partial charge on any atom is 0.407 e. The summed E-state index contributed by atoms with van der Waals surface area (Å²) in [7, 11) is 0. The summed E-state index contributed by atoms with van der Waals surface area (Å²) in [5.74, 6) is -0.495. The van der Waals surface area contributed by atoms with E-state index in [0.717, 1.165) is 62.5 Å². The summed E-state index contributed by atoms with van der Waals surface area (Å²) in [5, 5.41) is 16.0. The van der Waals surface area contributed by atoms with E-state index in [0.29, 0.717) is 38.3 Å². The average Bonchev–Trinajstić information content (AvgIpc) is 3.70. The Bertz CT molecular complexity index is 1680. The molecular weight excluding hydrogens is 704 g/mol. The van der Waals surface area contributed by atoms with Gasteiger partial charge >= 0.3 is 6.09 Å². The fourth-order valence-corrected chi connectivity index (χ4v) is 10.6. The van der Waals surface area contributed by atoms with Crippen LogP contribution in [0.15, 0.2) is 48.5 Å². The third kappa shape index (κ3) is 7.85. The van der Waals surface area contributed by atoms with E-state index in [2.05, 4.69) is 40.2 Å². The summed E-state index contributed by atoms with van der Waals surface area (Å²) < 4.78 is 12.6. The molecule has 1 heterocycles. The highest BCUT2D eigenvalue weighted by atomic mass is 17.3. The summed E-state index contributed by atoms with van der Waals surface area (Å²) in [4.78, 5) is 60.1. The molecule has 13 nitrogen and oxygen atoms in total. The summed E-state index contributed by atoms with van der Waals surface area (Å²) >= 11 is 0. The minimum atomic E-state index is -0.798. The van der Waals surface area contributed by atoms with Gasteiger partial charge in [-0.05, 0) is 106 Å². The number of rotatable bonds is 11. The van der Waals surface area contributed by atoms with Gasteiger partial charge in [-0.15, -0.1) is 0 Å². The SMILES string of the molecule is CC(C)(CNC(=O)CC1CCC2(CC1)OO[C@@]1(O2)[C@@H]2C[C@@H]3C[C@H]1C[C@@](C(=O)NCCCN)(C3)C2)NC(=O)OCC1c2ccccc2-c2ccccc21.O=CO. The van der Waals surface area contributed by atoms with Crippen molar-refractivity contribution < 1.29 is 43.5 Å². The first kappa shape index (κ1) is 39.2. The molecule has 13 heteroatoms. The molecule has 5 saturated carbocycles. The highest BCUT2D eigenvalue weighted by molar-refractivity contribution is 5.83. The number of hydrogen-bond donors (Lipinski definition) is 5. The van der Waals surface area contributed by atoms with Crippen LogP contribution in [-0.4, -0.2) is 72.8 Å². The zero-order valence-corrected chi connectivity index (χ0v) is 32.0. The van der Waals surface area contributed by atoms with Crippen molar-refractivity contribution in [2.45, 2.75) is 108 Å². The van der Waals surface area contributed by atoms with E-state index in [1.165, 1.54) is 11.1 Å². The molecule has 2 aromatic carbocycles. The van der Waals surface area contributed by atoms with E-state index in [-0.39, 0.29) is 60.5 Å². The molecule has 6 fully saturated rings. The number of fused-ring (bicyclic) bond motifs is 3. The predicted octanol–water partition coefficient (Wildman–Crippen LogP) is 5.36. The minimum absolute atomic E-state index is 0.0162. The molecule has 6 N–H and O–H groups in total. The Balaban J connectivity index is 0.00000150. The van der Waals surface area contributed by atoms with E-state index in [1.807, 2.05) is 38.1 Å². The van der Waals surface area contributed by atoms with Gasteiger partial charge in [-0.25, -0.2) is 4.79 Å². The lowest BCUT2D eigenvalue weighted by Crippen LogP contribution is -2.65. The van der Waals surface area contributed by atoms with Crippen molar-refractivity contribution in [3.05, 3.63) is 59.7 Å². The number of nitrogens with two attached hydrogens (primary N) is 1. The number of carbonyl (C=O) groups excluding carboxylic acids is 3.